The van der Waals surface area contributed by atoms with E-state index in [4.69, 9.17) is 5.73 Å². The Kier molecular flexibility index (Phi) is 1.97. The number of nitrogens with two attached hydrogens (primary N) is 1. The molecule has 0 aliphatic carbocycles. The second kappa shape index (κ2) is 2.75. The molecule has 1 rings (SSSR count). The van der Waals surface area contributed by atoms with Crippen molar-refractivity contribution < 1.29 is 4.39 Å². The van der Waals surface area contributed by atoms with Crippen LogP contribution in [0.25, 0.3) is 0 Å². The molecule has 1 aromatic rings. The fraction of sp³-hybridized carbons (Fsp3) is 0.286. The molecule has 0 aliphatic rings. The smallest absolute Gasteiger partial charge is 0.217 e. The third-order valence-electron chi connectivity index (χ3n) is 1.28. The zero-order valence-electron chi connectivity index (χ0n) is 5.71. The molecule has 1 atom stereocenters. The maximum atomic E-state index is 12.6. The standard InChI is InChI=1S/C7H9FN2/c1-5(9)6-3-2-4-10-7(6)8/h2-5H,9H2,1H3/t5-/m1/s1. The topological polar surface area (TPSA) is 38.9 Å². The Morgan fingerprint density at radius 1 is 1.70 bits per heavy atom. The van der Waals surface area contributed by atoms with Crippen molar-refractivity contribution in [3.05, 3.63) is 29.8 Å². The molecule has 2 nitrogen and oxygen atoms in total. The van der Waals surface area contributed by atoms with E-state index in [0.29, 0.717) is 5.56 Å². The maximum Gasteiger partial charge on any atom is 0.217 e. The van der Waals surface area contributed by atoms with Crippen molar-refractivity contribution in [3.8, 4) is 0 Å². The van der Waals surface area contributed by atoms with Gasteiger partial charge in [0.05, 0.1) is 0 Å². The SMILES string of the molecule is C[C@@H](N)c1cccnc1F. The van der Waals surface area contributed by atoms with Gasteiger partial charge < -0.3 is 5.73 Å². The molecule has 54 valence electrons. The first-order valence-electron chi connectivity index (χ1n) is 3.08. The number of hydrogen-bond acceptors (Lipinski definition) is 2. The van der Waals surface area contributed by atoms with Crippen LogP contribution in [0.2, 0.25) is 0 Å². The molecule has 0 radical (unpaired) electrons. The third kappa shape index (κ3) is 1.30. The van der Waals surface area contributed by atoms with Crippen LogP contribution in [-0.2, 0) is 0 Å². The number of nitrogens with zero attached hydrogens (tertiary/aromatic N) is 1. The van der Waals surface area contributed by atoms with E-state index in [1.54, 1.807) is 19.1 Å². The van der Waals surface area contributed by atoms with Crippen LogP contribution in [0.3, 0.4) is 0 Å². The predicted octanol–water partition coefficient (Wildman–Crippen LogP) is 1.24. The summed E-state index contributed by atoms with van der Waals surface area (Å²) in [5.41, 5.74) is 5.90. The van der Waals surface area contributed by atoms with Gasteiger partial charge in [0.2, 0.25) is 5.95 Å². The van der Waals surface area contributed by atoms with Crippen molar-refractivity contribution in [2.24, 2.45) is 5.73 Å². The summed E-state index contributed by atoms with van der Waals surface area (Å²) in [7, 11) is 0. The van der Waals surface area contributed by atoms with Crippen LogP contribution in [0, 0.1) is 5.95 Å². The first-order chi connectivity index (χ1) is 4.72. The molecule has 0 saturated carbocycles. The molecule has 0 amide bonds. The minimum Gasteiger partial charge on any atom is -0.324 e. The zero-order chi connectivity index (χ0) is 7.56. The van der Waals surface area contributed by atoms with E-state index in [9.17, 15) is 4.39 Å². The Hall–Kier alpha value is -0.960. The van der Waals surface area contributed by atoms with Crippen molar-refractivity contribution in [2.45, 2.75) is 13.0 Å². The summed E-state index contributed by atoms with van der Waals surface area (Å²) in [4.78, 5) is 3.45. The van der Waals surface area contributed by atoms with Gasteiger partial charge in [-0.25, -0.2) is 4.98 Å². The summed E-state index contributed by atoms with van der Waals surface area (Å²) in [5.74, 6) is -0.475. The summed E-state index contributed by atoms with van der Waals surface area (Å²) >= 11 is 0. The summed E-state index contributed by atoms with van der Waals surface area (Å²) < 4.78 is 12.6. The highest BCUT2D eigenvalue weighted by molar-refractivity contribution is 5.13. The van der Waals surface area contributed by atoms with E-state index < -0.39 is 5.95 Å². The molecular weight excluding hydrogens is 131 g/mol. The van der Waals surface area contributed by atoms with Crippen LogP contribution in [0.4, 0.5) is 4.39 Å². The lowest BCUT2D eigenvalue weighted by molar-refractivity contribution is 0.553. The van der Waals surface area contributed by atoms with Crippen molar-refractivity contribution in [1.82, 2.24) is 4.98 Å². The molecule has 1 aromatic heterocycles. The molecule has 0 aliphatic heterocycles. The average molecular weight is 140 g/mol. The molecule has 1 heterocycles. The van der Waals surface area contributed by atoms with Crippen molar-refractivity contribution in [2.75, 3.05) is 0 Å². The van der Waals surface area contributed by atoms with Gasteiger partial charge in [-0.3, -0.25) is 0 Å². The van der Waals surface area contributed by atoms with Gasteiger partial charge in [-0.15, -0.1) is 0 Å². The molecule has 0 saturated heterocycles. The summed E-state index contributed by atoms with van der Waals surface area (Å²) in [6, 6.07) is 3.02. The van der Waals surface area contributed by atoms with Gasteiger partial charge in [-0.05, 0) is 13.0 Å². The molecule has 10 heavy (non-hydrogen) atoms. The quantitative estimate of drug-likeness (QED) is 0.596. The van der Waals surface area contributed by atoms with E-state index >= 15 is 0 Å². The van der Waals surface area contributed by atoms with E-state index in [-0.39, 0.29) is 6.04 Å². The molecule has 0 aromatic carbocycles. The van der Waals surface area contributed by atoms with Gasteiger partial charge in [-0.1, -0.05) is 6.07 Å². The zero-order valence-corrected chi connectivity index (χ0v) is 5.71. The molecule has 2 N–H and O–H groups in total. The Balaban J connectivity index is 3.03. The Labute approximate surface area is 58.9 Å². The minimum absolute atomic E-state index is 0.284. The highest BCUT2D eigenvalue weighted by Crippen LogP contribution is 2.10. The second-order valence-corrected chi connectivity index (χ2v) is 2.17. The first-order valence-corrected chi connectivity index (χ1v) is 3.08. The van der Waals surface area contributed by atoms with E-state index in [2.05, 4.69) is 4.98 Å². The number of pyridine rings is 1. The first kappa shape index (κ1) is 7.15. The second-order valence-electron chi connectivity index (χ2n) is 2.17. The lowest BCUT2D eigenvalue weighted by Crippen LogP contribution is -2.07. The number of hydrogen-bond donors (Lipinski definition) is 1. The largest absolute Gasteiger partial charge is 0.324 e. The number of halogens is 1. The van der Waals surface area contributed by atoms with Crippen LogP contribution in [-0.4, -0.2) is 4.98 Å². The van der Waals surface area contributed by atoms with Crippen LogP contribution < -0.4 is 5.73 Å². The van der Waals surface area contributed by atoms with E-state index in [1.807, 2.05) is 0 Å². The Bertz CT molecular complexity index is 223. The van der Waals surface area contributed by atoms with Gasteiger partial charge in [-0.2, -0.15) is 4.39 Å². The van der Waals surface area contributed by atoms with Crippen LogP contribution in [0.15, 0.2) is 18.3 Å². The monoisotopic (exact) mass is 140 g/mol. The van der Waals surface area contributed by atoms with Crippen LogP contribution in [0.5, 0.6) is 0 Å². The minimum atomic E-state index is -0.475. The molecule has 0 spiro atoms. The molecule has 0 bridgehead atoms. The van der Waals surface area contributed by atoms with Crippen LogP contribution in [0.1, 0.15) is 18.5 Å². The maximum absolute atomic E-state index is 12.6. The number of aromatic nitrogens is 1. The lowest BCUT2D eigenvalue weighted by Gasteiger charge is -2.03. The summed E-state index contributed by atoms with van der Waals surface area (Å²) in [6.45, 7) is 1.72. The normalized spacial score (nSPS) is 13.1. The summed E-state index contributed by atoms with van der Waals surface area (Å²) in [5, 5.41) is 0. The van der Waals surface area contributed by atoms with E-state index in [0.717, 1.165) is 0 Å². The fourth-order valence-electron chi connectivity index (χ4n) is 0.738. The van der Waals surface area contributed by atoms with E-state index in [1.165, 1.54) is 6.20 Å². The molecule has 3 heteroatoms. The summed E-state index contributed by atoms with van der Waals surface area (Å²) in [6.07, 6.45) is 1.40. The molecule has 0 unspecified atom stereocenters. The number of rotatable bonds is 1. The van der Waals surface area contributed by atoms with Gasteiger partial charge in [0.25, 0.3) is 0 Å². The van der Waals surface area contributed by atoms with Gasteiger partial charge in [0.15, 0.2) is 0 Å². The highest BCUT2D eigenvalue weighted by Gasteiger charge is 2.04. The lowest BCUT2D eigenvalue weighted by atomic mass is 10.1. The van der Waals surface area contributed by atoms with Crippen LogP contribution >= 0.6 is 0 Å². The van der Waals surface area contributed by atoms with Gasteiger partial charge in [0, 0.05) is 17.8 Å². The van der Waals surface area contributed by atoms with Crippen molar-refractivity contribution >= 4 is 0 Å². The predicted molar refractivity (Wildman–Crippen MR) is 36.8 cm³/mol. The fourth-order valence-corrected chi connectivity index (χ4v) is 0.738. The molecule has 0 fully saturated rings. The van der Waals surface area contributed by atoms with Gasteiger partial charge >= 0.3 is 0 Å². The molecular formula is C7H9FN2. The average Bonchev–Trinajstić information content (AvgIpc) is 1.88. The van der Waals surface area contributed by atoms with Crippen molar-refractivity contribution in [3.63, 3.8) is 0 Å². The van der Waals surface area contributed by atoms with Crippen molar-refractivity contribution in [1.29, 1.82) is 0 Å². The van der Waals surface area contributed by atoms with Gasteiger partial charge in [0.1, 0.15) is 0 Å². The Morgan fingerprint density at radius 3 is 2.80 bits per heavy atom. The Morgan fingerprint density at radius 2 is 2.40 bits per heavy atom. The highest BCUT2D eigenvalue weighted by atomic mass is 19.1. The third-order valence-corrected chi connectivity index (χ3v) is 1.28.